The predicted octanol–water partition coefficient (Wildman–Crippen LogP) is 5.02. The lowest BCUT2D eigenvalue weighted by Crippen LogP contribution is -2.13. The number of pyridine rings is 1. The van der Waals surface area contributed by atoms with Crippen LogP contribution < -0.4 is 10.0 Å². The summed E-state index contributed by atoms with van der Waals surface area (Å²) in [7, 11) is -2.36. The van der Waals surface area contributed by atoms with Gasteiger partial charge in [0.1, 0.15) is 16.1 Å². The first-order chi connectivity index (χ1) is 12.5. The maximum Gasteiger partial charge on any atom is 0.417 e. The van der Waals surface area contributed by atoms with Crippen LogP contribution in [0.2, 0.25) is 5.02 Å². The number of nitro benzene ring substituents is 1. The molecule has 0 amide bonds. The Kier molecular flexibility index (Phi) is 6.14. The molecule has 7 nitrogen and oxygen atoms in total. The third-order valence-corrected chi connectivity index (χ3v) is 6.36. The van der Waals surface area contributed by atoms with Crippen LogP contribution in [0.4, 0.5) is 18.9 Å². The Morgan fingerprint density at radius 1 is 1.33 bits per heavy atom. The van der Waals surface area contributed by atoms with Crippen LogP contribution in [0.25, 0.3) is 0 Å². The molecule has 0 aliphatic heterocycles. The highest BCUT2D eigenvalue weighted by atomic mass is 35.5. The van der Waals surface area contributed by atoms with Crippen molar-refractivity contribution < 1.29 is 31.9 Å². The number of alkyl halides is 3. The summed E-state index contributed by atoms with van der Waals surface area (Å²) < 4.78 is 61.0. The molecule has 0 saturated carbocycles. The molecule has 0 aliphatic carbocycles. The van der Waals surface area contributed by atoms with E-state index < -0.39 is 34.7 Å². The lowest BCUT2D eigenvalue weighted by molar-refractivity contribution is -0.383. The molecule has 1 unspecified atom stereocenters. The quantitative estimate of drug-likeness (QED) is 0.367. The molecule has 0 spiro atoms. The van der Waals surface area contributed by atoms with Crippen LogP contribution in [0.1, 0.15) is 12.5 Å². The van der Waals surface area contributed by atoms with Crippen molar-refractivity contribution in [3.8, 4) is 11.6 Å². The Hall–Kier alpha value is -2.16. The predicted molar refractivity (Wildman–Crippen MR) is 92.2 cm³/mol. The molecule has 27 heavy (non-hydrogen) atoms. The summed E-state index contributed by atoms with van der Waals surface area (Å²) >= 11 is 5.78. The fourth-order valence-electron chi connectivity index (χ4n) is 2.16. The van der Waals surface area contributed by atoms with Crippen molar-refractivity contribution in [2.45, 2.75) is 13.1 Å². The molecule has 0 radical (unpaired) electrons. The number of benzene rings is 1. The fraction of sp³-hybridized carbons (Fsp3) is 0.267. The van der Waals surface area contributed by atoms with E-state index in [4.69, 9.17) is 20.9 Å². The molecular weight excluding hydrogens is 412 g/mol. The minimum absolute atomic E-state index is 0.00687. The summed E-state index contributed by atoms with van der Waals surface area (Å²) in [5, 5.41) is 10.6. The van der Waals surface area contributed by atoms with Gasteiger partial charge in [-0.25, -0.2) is 4.98 Å². The van der Waals surface area contributed by atoms with Crippen LogP contribution in [0, 0.1) is 10.1 Å². The van der Waals surface area contributed by atoms with Gasteiger partial charge in [0.2, 0.25) is 13.2 Å². The summed E-state index contributed by atoms with van der Waals surface area (Å²) in [6.07, 6.45) is -4.09. The lowest BCUT2D eigenvalue weighted by atomic mass is 10.3. The van der Waals surface area contributed by atoms with E-state index in [2.05, 4.69) is 4.98 Å². The van der Waals surface area contributed by atoms with E-state index in [1.165, 1.54) is 13.0 Å². The number of halogens is 4. The molecule has 1 aromatic heterocycles. The number of hydrogen-bond donors (Lipinski definition) is 0. The molecule has 0 bridgehead atoms. The molecular formula is C15H13ClF3N2O5P. The summed E-state index contributed by atoms with van der Waals surface area (Å²) in [6.45, 7) is 1.54. The van der Waals surface area contributed by atoms with Gasteiger partial charge < -0.3 is 9.26 Å². The Bertz CT molecular complexity index is 915. The molecule has 1 aromatic carbocycles. The second-order valence-corrected chi connectivity index (χ2v) is 8.42. The van der Waals surface area contributed by atoms with Crippen molar-refractivity contribution in [2.24, 2.45) is 0 Å². The molecule has 12 heteroatoms. The molecule has 2 aromatic rings. The van der Waals surface area contributed by atoms with Crippen molar-refractivity contribution in [2.75, 3.05) is 13.3 Å². The smallest absolute Gasteiger partial charge is 0.417 e. The average molecular weight is 425 g/mol. The first kappa shape index (κ1) is 21.1. The van der Waals surface area contributed by atoms with E-state index in [0.717, 1.165) is 19.2 Å². The average Bonchev–Trinajstić information content (AvgIpc) is 2.61. The number of rotatable bonds is 6. The normalized spacial score (nSPS) is 13.9. The highest BCUT2D eigenvalue weighted by Crippen LogP contribution is 2.47. The van der Waals surface area contributed by atoms with Gasteiger partial charge in [0.25, 0.3) is 5.69 Å². The number of nitrogens with zero attached hydrogens (tertiary/aromatic N) is 2. The topological polar surface area (TPSA) is 91.6 Å². The second-order valence-electron chi connectivity index (χ2n) is 5.19. The van der Waals surface area contributed by atoms with Crippen molar-refractivity contribution in [3.05, 3.63) is 51.2 Å². The highest BCUT2D eigenvalue weighted by Gasteiger charge is 2.33. The van der Waals surface area contributed by atoms with E-state index >= 15 is 0 Å². The van der Waals surface area contributed by atoms with Gasteiger partial charge in [-0.2, -0.15) is 13.2 Å². The molecule has 0 saturated heterocycles. The van der Waals surface area contributed by atoms with Gasteiger partial charge in [0.15, 0.2) is 0 Å². The molecule has 1 heterocycles. The zero-order valence-corrected chi connectivity index (χ0v) is 15.6. The summed E-state index contributed by atoms with van der Waals surface area (Å²) in [6, 6.07) is 4.01. The minimum Gasteiger partial charge on any atom is -0.438 e. The van der Waals surface area contributed by atoms with E-state index in [0.29, 0.717) is 12.3 Å². The standard InChI is InChI=1S/C15H13ClF3N2O5P/c1-3-27(24,25-2)13-7-10(4-5-12(13)21(22)23)26-14-11(16)6-9(8-20-14)15(17,18)19/h4-8H,3H2,1-2H3. The van der Waals surface area contributed by atoms with Gasteiger partial charge >= 0.3 is 6.18 Å². The highest BCUT2D eigenvalue weighted by molar-refractivity contribution is 7.67. The van der Waals surface area contributed by atoms with Crippen LogP contribution in [0.3, 0.4) is 0 Å². The molecule has 0 aliphatic rings. The molecule has 1 atom stereocenters. The largest absolute Gasteiger partial charge is 0.438 e. The molecule has 2 rings (SSSR count). The summed E-state index contributed by atoms with van der Waals surface area (Å²) in [4.78, 5) is 14.0. The van der Waals surface area contributed by atoms with Gasteiger partial charge in [-0.15, -0.1) is 0 Å². The van der Waals surface area contributed by atoms with E-state index in [1.807, 2.05) is 0 Å². The first-order valence-electron chi connectivity index (χ1n) is 7.36. The van der Waals surface area contributed by atoms with E-state index in [9.17, 15) is 27.9 Å². The Labute approximate surface area is 156 Å². The summed E-state index contributed by atoms with van der Waals surface area (Å²) in [5.41, 5.74) is -1.49. The van der Waals surface area contributed by atoms with Crippen molar-refractivity contribution in [3.63, 3.8) is 0 Å². The molecule has 0 fully saturated rings. The Morgan fingerprint density at radius 3 is 2.48 bits per heavy atom. The van der Waals surface area contributed by atoms with Gasteiger partial charge in [0, 0.05) is 31.6 Å². The number of hydrogen-bond acceptors (Lipinski definition) is 6. The van der Waals surface area contributed by atoms with Gasteiger partial charge in [-0.3, -0.25) is 14.7 Å². The lowest BCUT2D eigenvalue weighted by Gasteiger charge is -2.16. The van der Waals surface area contributed by atoms with Crippen LogP contribution in [-0.4, -0.2) is 23.2 Å². The Balaban J connectivity index is 2.46. The molecule has 146 valence electrons. The van der Waals surface area contributed by atoms with Crippen molar-refractivity contribution >= 4 is 30.0 Å². The van der Waals surface area contributed by atoms with E-state index in [1.54, 1.807) is 0 Å². The minimum atomic E-state index is -4.62. The number of nitro groups is 1. The van der Waals surface area contributed by atoms with Crippen LogP contribution >= 0.6 is 19.0 Å². The fourth-order valence-corrected chi connectivity index (χ4v) is 3.99. The monoisotopic (exact) mass is 424 g/mol. The van der Waals surface area contributed by atoms with Gasteiger partial charge in [-0.1, -0.05) is 18.5 Å². The van der Waals surface area contributed by atoms with Crippen molar-refractivity contribution in [1.29, 1.82) is 0 Å². The Morgan fingerprint density at radius 2 is 2.00 bits per heavy atom. The zero-order valence-electron chi connectivity index (χ0n) is 14.0. The van der Waals surface area contributed by atoms with E-state index in [-0.39, 0.29) is 23.1 Å². The van der Waals surface area contributed by atoms with Gasteiger partial charge in [-0.05, 0) is 12.1 Å². The van der Waals surface area contributed by atoms with Crippen LogP contribution in [-0.2, 0) is 15.3 Å². The third kappa shape index (κ3) is 4.58. The van der Waals surface area contributed by atoms with Crippen LogP contribution in [0.5, 0.6) is 11.6 Å². The number of ether oxygens (including phenoxy) is 1. The van der Waals surface area contributed by atoms with Gasteiger partial charge in [0.05, 0.1) is 10.5 Å². The maximum absolute atomic E-state index is 12.8. The number of aromatic nitrogens is 1. The third-order valence-electron chi connectivity index (χ3n) is 3.57. The zero-order chi connectivity index (χ0) is 20.4. The van der Waals surface area contributed by atoms with Crippen molar-refractivity contribution in [1.82, 2.24) is 4.98 Å². The SMILES string of the molecule is CCP(=O)(OC)c1cc(Oc2ncc(C(F)(F)F)cc2Cl)ccc1[N+](=O)[O-]. The maximum atomic E-state index is 12.8. The summed E-state index contributed by atoms with van der Waals surface area (Å²) in [5.74, 6) is -0.385. The molecule has 0 N–H and O–H groups in total. The second kappa shape index (κ2) is 7.84. The first-order valence-corrected chi connectivity index (χ1v) is 9.55. The van der Waals surface area contributed by atoms with Crippen LogP contribution in [0.15, 0.2) is 30.5 Å².